The highest BCUT2D eigenvalue weighted by atomic mass is 32.2. The summed E-state index contributed by atoms with van der Waals surface area (Å²) >= 11 is 0. The third-order valence-electron chi connectivity index (χ3n) is 5.21. The van der Waals surface area contributed by atoms with Gasteiger partial charge in [-0.15, -0.1) is 0 Å². The normalized spacial score (nSPS) is 24.3. The fourth-order valence-electron chi connectivity index (χ4n) is 3.77. The molecule has 8 heteroatoms. The minimum Gasteiger partial charge on any atom is -0.338 e. The van der Waals surface area contributed by atoms with Gasteiger partial charge >= 0.3 is 0 Å². The Bertz CT molecular complexity index is 677. The minimum absolute atomic E-state index is 0.0484. The molecule has 2 aliphatic heterocycles. The first-order valence-electron chi connectivity index (χ1n) is 8.10. The van der Waals surface area contributed by atoms with E-state index in [1.165, 1.54) is 6.26 Å². The lowest BCUT2D eigenvalue weighted by Gasteiger charge is -2.33. The van der Waals surface area contributed by atoms with Gasteiger partial charge in [-0.3, -0.25) is 9.89 Å². The van der Waals surface area contributed by atoms with Gasteiger partial charge in [0.05, 0.1) is 18.0 Å². The monoisotopic (exact) mass is 340 g/mol. The standard InChI is InChI=1S/C15H24N4O3S/c1-11-14(9-16-17-11)15(20)18-6-3-13(10-18)12-4-7-19(8-5-12)23(2,21)22/h9,12-13H,3-8,10H2,1-2H3,(H,16,17). The number of piperidine rings is 1. The van der Waals surface area contributed by atoms with Gasteiger partial charge in [-0.2, -0.15) is 5.10 Å². The van der Waals surface area contributed by atoms with Crippen LogP contribution in [0.15, 0.2) is 6.20 Å². The van der Waals surface area contributed by atoms with E-state index < -0.39 is 10.0 Å². The van der Waals surface area contributed by atoms with Gasteiger partial charge in [-0.05, 0) is 38.0 Å². The van der Waals surface area contributed by atoms with Crippen LogP contribution in [0.5, 0.6) is 0 Å². The Morgan fingerprint density at radius 1 is 1.22 bits per heavy atom. The molecule has 2 saturated heterocycles. The molecular weight excluding hydrogens is 316 g/mol. The number of aromatic nitrogens is 2. The van der Waals surface area contributed by atoms with Crippen LogP contribution in [0.4, 0.5) is 0 Å². The summed E-state index contributed by atoms with van der Waals surface area (Å²) in [4.78, 5) is 14.4. The van der Waals surface area contributed by atoms with Gasteiger partial charge < -0.3 is 4.90 Å². The molecule has 0 saturated carbocycles. The van der Waals surface area contributed by atoms with Crippen molar-refractivity contribution in [3.63, 3.8) is 0 Å². The van der Waals surface area contributed by atoms with Crippen molar-refractivity contribution in [1.29, 1.82) is 0 Å². The van der Waals surface area contributed by atoms with Crippen molar-refractivity contribution in [2.24, 2.45) is 11.8 Å². The molecular formula is C15H24N4O3S. The van der Waals surface area contributed by atoms with Crippen LogP contribution >= 0.6 is 0 Å². The third-order valence-corrected chi connectivity index (χ3v) is 6.51. The maximum Gasteiger partial charge on any atom is 0.257 e. The number of nitrogens with one attached hydrogen (secondary N) is 1. The molecule has 1 aromatic rings. The second-order valence-electron chi connectivity index (χ2n) is 6.71. The predicted octanol–water partition coefficient (Wildman–Crippen LogP) is 0.852. The van der Waals surface area contributed by atoms with Crippen molar-refractivity contribution in [1.82, 2.24) is 19.4 Å². The highest BCUT2D eigenvalue weighted by Gasteiger charge is 2.35. The van der Waals surface area contributed by atoms with E-state index >= 15 is 0 Å². The number of amides is 1. The molecule has 7 nitrogen and oxygen atoms in total. The van der Waals surface area contributed by atoms with Crippen LogP contribution in [0.3, 0.4) is 0 Å². The molecule has 23 heavy (non-hydrogen) atoms. The molecule has 128 valence electrons. The van der Waals surface area contributed by atoms with Crippen LogP contribution in [0.2, 0.25) is 0 Å². The summed E-state index contributed by atoms with van der Waals surface area (Å²) in [5.41, 5.74) is 1.46. The molecule has 1 aromatic heterocycles. The van der Waals surface area contributed by atoms with E-state index in [9.17, 15) is 13.2 Å². The molecule has 1 unspecified atom stereocenters. The molecule has 0 spiro atoms. The van der Waals surface area contributed by atoms with E-state index in [1.807, 2.05) is 11.8 Å². The highest BCUT2D eigenvalue weighted by molar-refractivity contribution is 7.88. The number of likely N-dealkylation sites (tertiary alicyclic amines) is 1. The van der Waals surface area contributed by atoms with Crippen molar-refractivity contribution in [3.05, 3.63) is 17.5 Å². The number of nitrogens with zero attached hydrogens (tertiary/aromatic N) is 3. The number of carbonyl (C=O) groups excluding carboxylic acids is 1. The van der Waals surface area contributed by atoms with Gasteiger partial charge in [0.25, 0.3) is 5.91 Å². The molecule has 0 aromatic carbocycles. The van der Waals surface area contributed by atoms with Crippen LogP contribution in [0, 0.1) is 18.8 Å². The first kappa shape index (κ1) is 16.4. The lowest BCUT2D eigenvalue weighted by atomic mass is 9.84. The largest absolute Gasteiger partial charge is 0.338 e. The van der Waals surface area contributed by atoms with E-state index in [0.29, 0.717) is 30.5 Å². The Labute approximate surface area is 137 Å². The van der Waals surface area contributed by atoms with E-state index in [4.69, 9.17) is 0 Å². The lowest BCUT2D eigenvalue weighted by Crippen LogP contribution is -2.40. The minimum atomic E-state index is -3.07. The van der Waals surface area contributed by atoms with Crippen LogP contribution in [-0.4, -0.2) is 66.2 Å². The van der Waals surface area contributed by atoms with Gasteiger partial charge in [0.1, 0.15) is 0 Å². The Kier molecular flexibility index (Phi) is 4.46. The van der Waals surface area contributed by atoms with Crippen molar-refractivity contribution < 1.29 is 13.2 Å². The smallest absolute Gasteiger partial charge is 0.257 e. The number of aromatic amines is 1. The topological polar surface area (TPSA) is 86.4 Å². The Hall–Kier alpha value is -1.41. The quantitative estimate of drug-likeness (QED) is 0.884. The number of H-pyrrole nitrogens is 1. The van der Waals surface area contributed by atoms with Crippen molar-refractivity contribution in [3.8, 4) is 0 Å². The third kappa shape index (κ3) is 3.42. The van der Waals surface area contributed by atoms with Crippen LogP contribution in [-0.2, 0) is 10.0 Å². The number of aryl methyl sites for hydroxylation is 1. The van der Waals surface area contributed by atoms with E-state index in [1.54, 1.807) is 10.5 Å². The number of carbonyl (C=O) groups is 1. The average molecular weight is 340 g/mol. The average Bonchev–Trinajstić information content (AvgIpc) is 3.15. The number of hydrogen-bond acceptors (Lipinski definition) is 4. The summed E-state index contributed by atoms with van der Waals surface area (Å²) in [5.74, 6) is 1.04. The Balaban J connectivity index is 1.57. The second-order valence-corrected chi connectivity index (χ2v) is 8.69. The summed E-state index contributed by atoms with van der Waals surface area (Å²) in [7, 11) is -3.07. The van der Waals surface area contributed by atoms with E-state index in [2.05, 4.69) is 10.2 Å². The van der Waals surface area contributed by atoms with Crippen LogP contribution in [0.1, 0.15) is 35.3 Å². The van der Waals surface area contributed by atoms with E-state index in [-0.39, 0.29) is 5.91 Å². The molecule has 3 rings (SSSR count). The van der Waals surface area contributed by atoms with Gasteiger partial charge in [0.15, 0.2) is 0 Å². The first-order chi connectivity index (χ1) is 10.9. The van der Waals surface area contributed by atoms with Gasteiger partial charge in [0, 0.05) is 31.9 Å². The predicted molar refractivity (Wildman–Crippen MR) is 86.5 cm³/mol. The van der Waals surface area contributed by atoms with E-state index in [0.717, 1.165) is 38.0 Å². The number of hydrogen-bond donors (Lipinski definition) is 1. The molecule has 2 aliphatic rings. The maximum absolute atomic E-state index is 12.5. The fourth-order valence-corrected chi connectivity index (χ4v) is 4.65. The molecule has 0 aliphatic carbocycles. The zero-order chi connectivity index (χ0) is 16.6. The Morgan fingerprint density at radius 2 is 1.87 bits per heavy atom. The lowest BCUT2D eigenvalue weighted by molar-refractivity contribution is 0.0778. The van der Waals surface area contributed by atoms with Crippen molar-refractivity contribution in [2.75, 3.05) is 32.4 Å². The maximum atomic E-state index is 12.5. The summed E-state index contributed by atoms with van der Waals surface area (Å²) in [6, 6.07) is 0. The summed E-state index contributed by atoms with van der Waals surface area (Å²) in [5, 5.41) is 6.73. The van der Waals surface area contributed by atoms with Crippen molar-refractivity contribution >= 4 is 15.9 Å². The van der Waals surface area contributed by atoms with Gasteiger partial charge in [-0.1, -0.05) is 0 Å². The summed E-state index contributed by atoms with van der Waals surface area (Å²) in [6.45, 7) is 4.62. The van der Waals surface area contributed by atoms with Crippen LogP contribution in [0.25, 0.3) is 0 Å². The van der Waals surface area contributed by atoms with Gasteiger partial charge in [-0.25, -0.2) is 12.7 Å². The summed E-state index contributed by atoms with van der Waals surface area (Å²) < 4.78 is 24.7. The second kappa shape index (κ2) is 6.24. The number of sulfonamides is 1. The molecule has 2 fully saturated rings. The number of rotatable bonds is 3. The molecule has 3 heterocycles. The summed E-state index contributed by atoms with van der Waals surface area (Å²) in [6.07, 6.45) is 5.66. The fraction of sp³-hybridized carbons (Fsp3) is 0.733. The Morgan fingerprint density at radius 3 is 2.43 bits per heavy atom. The molecule has 0 radical (unpaired) electrons. The van der Waals surface area contributed by atoms with Crippen LogP contribution < -0.4 is 0 Å². The van der Waals surface area contributed by atoms with Crippen molar-refractivity contribution in [2.45, 2.75) is 26.2 Å². The molecule has 1 amide bonds. The zero-order valence-corrected chi connectivity index (χ0v) is 14.5. The highest BCUT2D eigenvalue weighted by Crippen LogP contribution is 2.33. The van der Waals surface area contributed by atoms with Gasteiger partial charge in [0.2, 0.25) is 10.0 Å². The molecule has 1 atom stereocenters. The SMILES string of the molecule is Cc1[nH]ncc1C(=O)N1CCC(C2CCN(S(C)(=O)=O)CC2)C1. The molecule has 0 bridgehead atoms. The molecule has 1 N–H and O–H groups in total. The first-order valence-corrected chi connectivity index (χ1v) is 9.95. The zero-order valence-electron chi connectivity index (χ0n) is 13.7.